The van der Waals surface area contributed by atoms with E-state index in [2.05, 4.69) is 29.2 Å². The molecule has 0 amide bonds. The Balaban J connectivity index is 1.62. The van der Waals surface area contributed by atoms with E-state index in [1.54, 1.807) is 24.3 Å². The highest BCUT2D eigenvalue weighted by molar-refractivity contribution is 7.86. The first kappa shape index (κ1) is 18.9. The van der Waals surface area contributed by atoms with Crippen LogP contribution in [-0.2, 0) is 14.3 Å². The maximum atomic E-state index is 12.7. The fourth-order valence-corrected chi connectivity index (χ4v) is 4.65. The molecule has 0 spiro atoms. The van der Waals surface area contributed by atoms with Gasteiger partial charge in [-0.05, 0) is 37.1 Å². The molecule has 0 saturated carbocycles. The molecular weight excluding hydrogens is 370 g/mol. The van der Waals surface area contributed by atoms with E-state index in [0.29, 0.717) is 0 Å². The molecule has 0 aromatic heterocycles. The summed E-state index contributed by atoms with van der Waals surface area (Å²) in [4.78, 5) is 2.28. The van der Waals surface area contributed by atoms with Crippen LogP contribution in [0.1, 0.15) is 29.7 Å². The highest BCUT2D eigenvalue weighted by Gasteiger charge is 2.52. The molecule has 1 aliphatic heterocycles. The van der Waals surface area contributed by atoms with Gasteiger partial charge in [-0.15, -0.1) is 0 Å². The zero-order valence-corrected chi connectivity index (χ0v) is 16.7. The molecule has 4 nitrogen and oxygen atoms in total. The summed E-state index contributed by atoms with van der Waals surface area (Å²) in [6, 6.07) is 26.9. The van der Waals surface area contributed by atoms with Crippen molar-refractivity contribution in [3.8, 4) is 0 Å². The Labute approximate surface area is 166 Å². The van der Waals surface area contributed by atoms with Gasteiger partial charge in [0.15, 0.2) is 0 Å². The minimum Gasteiger partial charge on any atom is -0.258 e. The first-order chi connectivity index (χ1) is 13.5. The smallest absolute Gasteiger partial charge is 0.258 e. The molecule has 0 bridgehead atoms. The predicted molar refractivity (Wildman–Crippen MR) is 109 cm³/mol. The summed E-state index contributed by atoms with van der Waals surface area (Å²) in [7, 11) is -3.82. The van der Waals surface area contributed by atoms with Crippen LogP contribution in [0.3, 0.4) is 0 Å². The number of aryl methyl sites for hydroxylation is 1. The van der Waals surface area contributed by atoms with E-state index in [-0.39, 0.29) is 17.0 Å². The zero-order chi connectivity index (χ0) is 19.7. The van der Waals surface area contributed by atoms with E-state index >= 15 is 0 Å². The summed E-state index contributed by atoms with van der Waals surface area (Å²) < 4.78 is 31.1. The van der Waals surface area contributed by atoms with Crippen molar-refractivity contribution in [3.05, 3.63) is 102 Å². The number of hydrogen-bond acceptors (Lipinski definition) is 4. The van der Waals surface area contributed by atoms with E-state index in [1.807, 2.05) is 50.2 Å². The quantitative estimate of drug-likeness (QED) is 0.456. The van der Waals surface area contributed by atoms with Crippen LogP contribution in [0.4, 0.5) is 0 Å². The van der Waals surface area contributed by atoms with Gasteiger partial charge in [0, 0.05) is 0 Å². The van der Waals surface area contributed by atoms with Gasteiger partial charge in [-0.25, -0.2) is 4.18 Å². The molecule has 1 heterocycles. The number of benzene rings is 3. The average Bonchev–Trinajstić information content (AvgIpc) is 3.31. The maximum absolute atomic E-state index is 12.7. The Morgan fingerprint density at radius 1 is 0.821 bits per heavy atom. The van der Waals surface area contributed by atoms with Crippen LogP contribution in [0.15, 0.2) is 89.8 Å². The van der Waals surface area contributed by atoms with Gasteiger partial charge in [-0.1, -0.05) is 78.4 Å². The van der Waals surface area contributed by atoms with E-state index in [4.69, 9.17) is 4.18 Å². The van der Waals surface area contributed by atoms with Gasteiger partial charge in [0.25, 0.3) is 10.1 Å². The van der Waals surface area contributed by atoms with Gasteiger partial charge in [0.05, 0.1) is 17.0 Å². The van der Waals surface area contributed by atoms with Crippen molar-refractivity contribution in [1.29, 1.82) is 0 Å². The Morgan fingerprint density at radius 3 is 1.82 bits per heavy atom. The molecule has 1 saturated heterocycles. The lowest BCUT2D eigenvalue weighted by Gasteiger charge is -2.20. The summed E-state index contributed by atoms with van der Waals surface area (Å²) in [5.74, 6) is 0. The van der Waals surface area contributed by atoms with Gasteiger partial charge in [0.2, 0.25) is 0 Å². The lowest BCUT2D eigenvalue weighted by atomic mass is 9.99. The second-order valence-electron chi connectivity index (χ2n) is 7.17. The molecule has 3 aromatic carbocycles. The molecule has 144 valence electrons. The summed E-state index contributed by atoms with van der Waals surface area (Å²) in [5, 5.41) is 0. The van der Waals surface area contributed by atoms with Gasteiger partial charge >= 0.3 is 0 Å². The summed E-state index contributed by atoms with van der Waals surface area (Å²) in [5.41, 5.74) is 3.23. The Morgan fingerprint density at radius 2 is 1.32 bits per heavy atom. The van der Waals surface area contributed by atoms with Gasteiger partial charge < -0.3 is 0 Å². The molecular formula is C23H23NO3S. The van der Waals surface area contributed by atoms with Gasteiger partial charge in [-0.3, -0.25) is 4.90 Å². The van der Waals surface area contributed by atoms with Crippen LogP contribution < -0.4 is 0 Å². The van der Waals surface area contributed by atoms with Crippen molar-refractivity contribution >= 4 is 10.1 Å². The molecule has 28 heavy (non-hydrogen) atoms. The van der Waals surface area contributed by atoms with Crippen molar-refractivity contribution in [2.24, 2.45) is 0 Å². The van der Waals surface area contributed by atoms with E-state index < -0.39 is 16.3 Å². The minimum absolute atomic E-state index is 0.00867. The minimum atomic E-state index is -3.82. The fourth-order valence-electron chi connectivity index (χ4n) is 3.55. The van der Waals surface area contributed by atoms with Crippen molar-refractivity contribution in [2.45, 2.75) is 37.1 Å². The molecule has 0 N–H and O–H groups in total. The third-order valence-corrected chi connectivity index (χ3v) is 6.45. The van der Waals surface area contributed by atoms with Crippen LogP contribution >= 0.6 is 0 Å². The molecule has 3 aromatic rings. The van der Waals surface area contributed by atoms with Crippen molar-refractivity contribution in [3.63, 3.8) is 0 Å². The predicted octanol–water partition coefficient (Wildman–Crippen LogP) is 4.52. The van der Waals surface area contributed by atoms with Crippen molar-refractivity contribution < 1.29 is 12.6 Å². The highest BCUT2D eigenvalue weighted by atomic mass is 32.2. The Kier molecular flexibility index (Phi) is 5.06. The van der Waals surface area contributed by atoms with Crippen LogP contribution in [0.5, 0.6) is 0 Å². The summed E-state index contributed by atoms with van der Waals surface area (Å²) in [6.07, 6.45) is -0.489. The second-order valence-corrected chi connectivity index (χ2v) is 8.74. The topological polar surface area (TPSA) is 46.4 Å². The van der Waals surface area contributed by atoms with Gasteiger partial charge in [-0.2, -0.15) is 8.42 Å². The molecule has 4 rings (SSSR count). The third-order valence-electron chi connectivity index (χ3n) is 5.15. The lowest BCUT2D eigenvalue weighted by molar-refractivity contribution is 0.223. The second kappa shape index (κ2) is 7.51. The molecule has 3 atom stereocenters. The van der Waals surface area contributed by atoms with E-state index in [1.165, 1.54) is 0 Å². The third kappa shape index (κ3) is 3.74. The van der Waals surface area contributed by atoms with Crippen molar-refractivity contribution in [2.75, 3.05) is 0 Å². The molecule has 0 aliphatic carbocycles. The summed E-state index contributed by atoms with van der Waals surface area (Å²) >= 11 is 0. The first-order valence-electron chi connectivity index (χ1n) is 9.35. The van der Waals surface area contributed by atoms with E-state index in [9.17, 15) is 8.42 Å². The SMILES string of the molecule is Cc1ccc(S(=O)(=O)OC2C(C)N2C(c2ccccc2)c2ccccc2)cc1. The summed E-state index contributed by atoms with van der Waals surface area (Å²) in [6.45, 7) is 3.92. The van der Waals surface area contributed by atoms with E-state index in [0.717, 1.165) is 16.7 Å². The highest BCUT2D eigenvalue weighted by Crippen LogP contribution is 2.44. The molecule has 1 aliphatic rings. The lowest BCUT2D eigenvalue weighted by Crippen LogP contribution is -2.18. The molecule has 5 heteroatoms. The van der Waals surface area contributed by atoms with Crippen LogP contribution in [0.2, 0.25) is 0 Å². The molecule has 0 radical (unpaired) electrons. The number of hydrogen-bond donors (Lipinski definition) is 0. The standard InChI is InChI=1S/C23H23NO3S/c1-17-13-15-21(16-14-17)28(25,26)27-23-18(2)24(23)22(19-9-5-3-6-10-19)20-11-7-4-8-12-20/h3-16,18,22-23H,1-2H3. The fraction of sp³-hybridized carbons (Fsp3) is 0.217. The zero-order valence-electron chi connectivity index (χ0n) is 15.9. The first-order valence-corrected chi connectivity index (χ1v) is 10.8. The normalized spacial score (nSPS) is 21.6. The van der Waals surface area contributed by atoms with Crippen molar-refractivity contribution in [1.82, 2.24) is 4.90 Å². The average molecular weight is 394 g/mol. The Bertz CT molecular complexity index is 995. The Hall–Kier alpha value is -2.47. The molecule has 3 unspecified atom stereocenters. The monoisotopic (exact) mass is 393 g/mol. The van der Waals surface area contributed by atoms with Crippen LogP contribution in [0.25, 0.3) is 0 Å². The maximum Gasteiger partial charge on any atom is 0.298 e. The van der Waals surface area contributed by atoms with Gasteiger partial charge in [0.1, 0.15) is 6.23 Å². The largest absolute Gasteiger partial charge is 0.298 e. The molecule has 1 fully saturated rings. The van der Waals surface area contributed by atoms with Crippen LogP contribution in [0, 0.1) is 6.92 Å². The van der Waals surface area contributed by atoms with Crippen LogP contribution in [-0.4, -0.2) is 25.6 Å². The number of nitrogens with zero attached hydrogens (tertiary/aromatic N) is 1. The number of rotatable bonds is 6.